The summed E-state index contributed by atoms with van der Waals surface area (Å²) in [5.74, 6) is 0.293. The number of carbonyl (C=O) groups is 2. The van der Waals surface area contributed by atoms with E-state index in [4.69, 9.17) is 14.2 Å². The zero-order valence-corrected chi connectivity index (χ0v) is 18.9. The molecule has 1 aromatic rings. The average molecular weight is 429 g/mol. The molecule has 2 aliphatic heterocycles. The second-order valence-corrected chi connectivity index (χ2v) is 8.89. The van der Waals surface area contributed by atoms with E-state index in [0.29, 0.717) is 50.5 Å². The third kappa shape index (κ3) is 4.08. The molecule has 1 spiro atoms. The molecular formula is C24H32N2O5. The predicted octanol–water partition coefficient (Wildman–Crippen LogP) is 3.25. The number of hydrogen-bond donors (Lipinski definition) is 1. The van der Waals surface area contributed by atoms with Crippen molar-refractivity contribution in [3.8, 4) is 0 Å². The highest BCUT2D eigenvalue weighted by molar-refractivity contribution is 6.24. The van der Waals surface area contributed by atoms with Gasteiger partial charge in [0.05, 0.1) is 30.4 Å². The van der Waals surface area contributed by atoms with Crippen molar-refractivity contribution < 1.29 is 23.8 Å². The van der Waals surface area contributed by atoms with Gasteiger partial charge in [-0.25, -0.2) is 4.79 Å². The number of hydrogen-bond acceptors (Lipinski definition) is 5. The van der Waals surface area contributed by atoms with Crippen molar-refractivity contribution in [3.05, 3.63) is 40.1 Å². The number of methoxy groups -OCH3 is 1. The van der Waals surface area contributed by atoms with Crippen LogP contribution >= 0.6 is 0 Å². The second kappa shape index (κ2) is 8.63. The lowest BCUT2D eigenvalue weighted by Crippen LogP contribution is -2.50. The molecule has 0 radical (unpaired) electrons. The molecule has 7 nitrogen and oxygen atoms in total. The van der Waals surface area contributed by atoms with Crippen molar-refractivity contribution in [2.45, 2.75) is 58.1 Å². The smallest absolute Gasteiger partial charge is 0.411 e. The first-order valence-corrected chi connectivity index (χ1v) is 11.1. The molecule has 3 aliphatic rings. The minimum atomic E-state index is -0.672. The van der Waals surface area contributed by atoms with Crippen LogP contribution < -0.4 is 5.32 Å². The lowest BCUT2D eigenvalue weighted by molar-refractivity contribution is -0.116. The Balaban J connectivity index is 1.76. The van der Waals surface area contributed by atoms with E-state index in [1.54, 1.807) is 12.0 Å². The first-order valence-electron chi connectivity index (χ1n) is 11.1. The Hall–Kier alpha value is -2.38. The first kappa shape index (κ1) is 21.8. The quantitative estimate of drug-likeness (QED) is 0.800. The predicted molar refractivity (Wildman–Crippen MR) is 117 cm³/mol. The van der Waals surface area contributed by atoms with Crippen molar-refractivity contribution in [1.29, 1.82) is 0 Å². The van der Waals surface area contributed by atoms with Crippen molar-refractivity contribution in [3.63, 3.8) is 0 Å². The van der Waals surface area contributed by atoms with Crippen LogP contribution in [-0.4, -0.2) is 62.0 Å². The number of rotatable bonds is 3. The molecule has 0 unspecified atom stereocenters. The molecule has 0 bridgehead atoms. The van der Waals surface area contributed by atoms with E-state index >= 15 is 0 Å². The van der Waals surface area contributed by atoms with Gasteiger partial charge in [0.2, 0.25) is 0 Å². The van der Waals surface area contributed by atoms with Gasteiger partial charge in [0.1, 0.15) is 5.76 Å². The number of nitrogens with one attached hydrogen (secondary N) is 1. The Morgan fingerprint density at radius 2 is 1.74 bits per heavy atom. The zero-order valence-electron chi connectivity index (χ0n) is 18.9. The van der Waals surface area contributed by atoms with E-state index in [9.17, 15) is 9.59 Å². The maximum absolute atomic E-state index is 13.3. The largest absolute Gasteiger partial charge is 0.415 e. The van der Waals surface area contributed by atoms with Crippen LogP contribution in [0.2, 0.25) is 0 Å². The van der Waals surface area contributed by atoms with Gasteiger partial charge in [0, 0.05) is 20.2 Å². The third-order valence-electron chi connectivity index (χ3n) is 6.93. The highest BCUT2D eigenvalue weighted by Crippen LogP contribution is 2.44. The maximum Gasteiger partial charge on any atom is 0.415 e. The molecule has 31 heavy (non-hydrogen) atoms. The van der Waals surface area contributed by atoms with E-state index < -0.39 is 11.6 Å². The molecule has 1 aliphatic carbocycles. The minimum Gasteiger partial charge on any atom is -0.411 e. The van der Waals surface area contributed by atoms with Gasteiger partial charge >= 0.3 is 6.09 Å². The van der Waals surface area contributed by atoms with E-state index in [1.807, 2.05) is 19.9 Å². The highest BCUT2D eigenvalue weighted by atomic mass is 16.6. The fraction of sp³-hybridized carbons (Fsp3) is 0.583. The van der Waals surface area contributed by atoms with Gasteiger partial charge in [-0.05, 0) is 68.7 Å². The van der Waals surface area contributed by atoms with E-state index in [1.165, 1.54) is 5.56 Å². The number of morpholine rings is 1. The lowest BCUT2D eigenvalue weighted by atomic mass is 9.79. The summed E-state index contributed by atoms with van der Waals surface area (Å²) in [5, 5.41) is 3.19. The van der Waals surface area contributed by atoms with Crippen LogP contribution in [0.1, 0.15) is 47.9 Å². The normalized spacial score (nSPS) is 26.4. The van der Waals surface area contributed by atoms with Crippen LogP contribution in [-0.2, 0) is 19.0 Å². The Morgan fingerprint density at radius 3 is 2.39 bits per heavy atom. The van der Waals surface area contributed by atoms with Crippen LogP contribution in [0, 0.1) is 20.8 Å². The summed E-state index contributed by atoms with van der Waals surface area (Å²) in [4.78, 5) is 28.0. The topological polar surface area (TPSA) is 77.1 Å². The standard InChI is InChI=1S/C24H32N2O5/c1-15-13-17(3)19(14-16(15)2)20-21(31-23(28)26-9-11-30-12-10-26)24(25-22(20)27)7-5-18(29-4)6-8-24/h13-14,18H,5-12H2,1-4H3,(H,25,27). The summed E-state index contributed by atoms with van der Waals surface area (Å²) in [7, 11) is 1.72. The number of nitrogens with zero attached hydrogens (tertiary/aromatic N) is 1. The van der Waals surface area contributed by atoms with E-state index in [-0.39, 0.29) is 12.0 Å². The van der Waals surface area contributed by atoms with Gasteiger partial charge in [-0.3, -0.25) is 4.79 Å². The summed E-state index contributed by atoms with van der Waals surface area (Å²) >= 11 is 0. The molecule has 1 saturated heterocycles. The van der Waals surface area contributed by atoms with Crippen LogP contribution in [0.25, 0.3) is 5.57 Å². The molecule has 7 heteroatoms. The molecule has 0 aromatic heterocycles. The number of carbonyl (C=O) groups excluding carboxylic acids is 2. The Labute approximate surface area is 183 Å². The van der Waals surface area contributed by atoms with Crippen molar-refractivity contribution in [2.75, 3.05) is 33.4 Å². The molecule has 0 atom stereocenters. The molecule has 4 rings (SSSR count). The van der Waals surface area contributed by atoms with Crippen LogP contribution in [0.3, 0.4) is 0 Å². The molecular weight excluding hydrogens is 396 g/mol. The lowest BCUT2D eigenvalue weighted by Gasteiger charge is -2.38. The zero-order chi connectivity index (χ0) is 22.2. The molecule has 1 aromatic carbocycles. The SMILES string of the molecule is COC1CCC2(CC1)NC(=O)C(c1cc(C)c(C)cc1C)=C2OC(=O)N1CCOCC1. The van der Waals surface area contributed by atoms with E-state index in [0.717, 1.165) is 29.5 Å². The van der Waals surface area contributed by atoms with Gasteiger partial charge < -0.3 is 24.4 Å². The third-order valence-corrected chi connectivity index (χ3v) is 6.93. The second-order valence-electron chi connectivity index (χ2n) is 8.89. The van der Waals surface area contributed by atoms with E-state index in [2.05, 4.69) is 18.3 Å². The number of aryl methyl sites for hydroxylation is 3. The number of amides is 2. The van der Waals surface area contributed by atoms with Crippen LogP contribution in [0.4, 0.5) is 4.79 Å². The first-order chi connectivity index (χ1) is 14.8. The van der Waals surface area contributed by atoms with Crippen LogP contribution in [0.5, 0.6) is 0 Å². The van der Waals surface area contributed by atoms with Crippen LogP contribution in [0.15, 0.2) is 17.9 Å². The van der Waals surface area contributed by atoms with Gasteiger partial charge in [0.15, 0.2) is 0 Å². The fourth-order valence-corrected chi connectivity index (χ4v) is 4.87. The monoisotopic (exact) mass is 428 g/mol. The summed E-state index contributed by atoms with van der Waals surface area (Å²) in [6.07, 6.45) is 2.70. The summed E-state index contributed by atoms with van der Waals surface area (Å²) in [6.45, 7) is 8.06. The number of benzene rings is 1. The summed E-state index contributed by atoms with van der Waals surface area (Å²) in [6, 6.07) is 4.11. The van der Waals surface area contributed by atoms with Crippen molar-refractivity contribution >= 4 is 17.6 Å². The Morgan fingerprint density at radius 1 is 1.10 bits per heavy atom. The molecule has 2 fully saturated rings. The Kier molecular flexibility index (Phi) is 6.08. The van der Waals surface area contributed by atoms with Gasteiger partial charge in [0.25, 0.3) is 5.91 Å². The maximum atomic E-state index is 13.3. The minimum absolute atomic E-state index is 0.158. The Bertz CT molecular complexity index is 909. The molecule has 2 amide bonds. The van der Waals surface area contributed by atoms with Gasteiger partial charge in [-0.2, -0.15) is 0 Å². The van der Waals surface area contributed by atoms with Crippen molar-refractivity contribution in [2.24, 2.45) is 0 Å². The highest BCUT2D eigenvalue weighted by Gasteiger charge is 2.50. The molecule has 1 saturated carbocycles. The fourth-order valence-electron chi connectivity index (χ4n) is 4.87. The van der Waals surface area contributed by atoms with Gasteiger partial charge in [-0.15, -0.1) is 0 Å². The molecule has 168 valence electrons. The molecule has 2 heterocycles. The summed E-state index contributed by atoms with van der Waals surface area (Å²) < 4.78 is 17.0. The van der Waals surface area contributed by atoms with Crippen molar-refractivity contribution in [1.82, 2.24) is 10.2 Å². The average Bonchev–Trinajstić information content (AvgIpc) is 3.02. The number of ether oxygens (including phenoxy) is 3. The molecule has 1 N–H and O–H groups in total. The van der Waals surface area contributed by atoms with Gasteiger partial charge in [-0.1, -0.05) is 12.1 Å². The summed E-state index contributed by atoms with van der Waals surface area (Å²) in [5.41, 5.74) is 3.91.